The molecular formula is C26H24F2N4O3. The number of halogens is 2. The van der Waals surface area contributed by atoms with E-state index >= 15 is 4.39 Å². The van der Waals surface area contributed by atoms with Crippen LogP contribution in [0.4, 0.5) is 14.5 Å². The van der Waals surface area contributed by atoms with E-state index in [2.05, 4.69) is 9.97 Å². The number of aliphatic hydroxyl groups is 1. The lowest BCUT2D eigenvalue weighted by atomic mass is 10.0. The standard InChI is InChI=1S/C26H24F2N4O3/c1-14-21(13-32-20-7-5-6-18(27)24(20)35-15(2)25(32)33)31-12-17(19(28)10-23(31)30-14)16-8-9-22(29-11-16)26(3,4)34/h5-12,15,34H,13H2,1-4H3/t15-/m0/s1. The second-order valence-electron chi connectivity index (χ2n) is 9.17. The van der Waals surface area contributed by atoms with Gasteiger partial charge >= 0.3 is 0 Å². The minimum absolute atomic E-state index is 0.0239. The summed E-state index contributed by atoms with van der Waals surface area (Å²) < 4.78 is 36.7. The topological polar surface area (TPSA) is 80.0 Å². The maximum absolute atomic E-state index is 15.0. The summed E-state index contributed by atoms with van der Waals surface area (Å²) in [5, 5.41) is 10.2. The first-order valence-corrected chi connectivity index (χ1v) is 11.2. The number of para-hydroxylation sites is 1. The van der Waals surface area contributed by atoms with Crippen LogP contribution in [0, 0.1) is 18.6 Å². The van der Waals surface area contributed by atoms with Crippen LogP contribution in [-0.4, -0.2) is 31.5 Å². The number of nitrogens with zero attached hydrogens (tertiary/aromatic N) is 4. The first kappa shape index (κ1) is 22.9. The van der Waals surface area contributed by atoms with Crippen LogP contribution in [0.1, 0.15) is 37.9 Å². The highest BCUT2D eigenvalue weighted by molar-refractivity contribution is 5.99. The Morgan fingerprint density at radius 1 is 1.17 bits per heavy atom. The molecule has 0 radical (unpaired) electrons. The van der Waals surface area contributed by atoms with E-state index in [0.717, 1.165) is 0 Å². The van der Waals surface area contributed by atoms with Crippen molar-refractivity contribution >= 4 is 17.2 Å². The number of fused-ring (bicyclic) bond motifs is 2. The molecule has 35 heavy (non-hydrogen) atoms. The molecule has 180 valence electrons. The highest BCUT2D eigenvalue weighted by atomic mass is 19.1. The molecule has 3 aromatic heterocycles. The molecule has 4 heterocycles. The van der Waals surface area contributed by atoms with Gasteiger partial charge in [-0.1, -0.05) is 12.1 Å². The number of pyridine rings is 2. The monoisotopic (exact) mass is 478 g/mol. The molecule has 1 N–H and O–H groups in total. The fourth-order valence-electron chi connectivity index (χ4n) is 4.25. The second-order valence-corrected chi connectivity index (χ2v) is 9.17. The molecule has 1 atom stereocenters. The number of ether oxygens (including phenoxy) is 1. The zero-order chi connectivity index (χ0) is 25.1. The molecule has 4 aromatic rings. The van der Waals surface area contributed by atoms with Crippen LogP contribution in [0.5, 0.6) is 5.75 Å². The number of hydrogen-bond donors (Lipinski definition) is 1. The molecule has 9 heteroatoms. The van der Waals surface area contributed by atoms with Gasteiger partial charge < -0.3 is 14.2 Å². The fraction of sp³-hybridized carbons (Fsp3) is 0.269. The Bertz CT molecular complexity index is 1460. The van der Waals surface area contributed by atoms with Crippen molar-refractivity contribution in [3.63, 3.8) is 0 Å². The lowest BCUT2D eigenvalue weighted by molar-refractivity contribution is -0.125. The van der Waals surface area contributed by atoms with Gasteiger partial charge in [0.25, 0.3) is 5.91 Å². The lowest BCUT2D eigenvalue weighted by Crippen LogP contribution is -2.44. The van der Waals surface area contributed by atoms with Crippen molar-refractivity contribution in [3.8, 4) is 16.9 Å². The first-order chi connectivity index (χ1) is 16.5. The highest BCUT2D eigenvalue weighted by Gasteiger charge is 2.34. The molecule has 0 spiro atoms. The normalized spacial score (nSPS) is 15.9. The van der Waals surface area contributed by atoms with Crippen LogP contribution in [0.25, 0.3) is 16.8 Å². The maximum atomic E-state index is 15.0. The summed E-state index contributed by atoms with van der Waals surface area (Å²) in [4.78, 5) is 23.2. The third kappa shape index (κ3) is 3.91. The molecule has 1 aliphatic rings. The number of imidazole rings is 1. The van der Waals surface area contributed by atoms with Gasteiger partial charge in [0.2, 0.25) is 0 Å². The Morgan fingerprint density at radius 3 is 2.63 bits per heavy atom. The number of carbonyl (C=O) groups is 1. The molecular weight excluding hydrogens is 454 g/mol. The fourth-order valence-corrected chi connectivity index (χ4v) is 4.25. The van der Waals surface area contributed by atoms with Gasteiger partial charge in [-0.25, -0.2) is 13.8 Å². The number of aromatic nitrogens is 3. The predicted molar refractivity (Wildman–Crippen MR) is 126 cm³/mol. The number of aryl methyl sites for hydroxylation is 1. The summed E-state index contributed by atoms with van der Waals surface area (Å²) in [6, 6.07) is 9.10. The molecule has 0 bridgehead atoms. The number of rotatable bonds is 4. The predicted octanol–water partition coefficient (Wildman–Crippen LogP) is 4.52. The first-order valence-electron chi connectivity index (χ1n) is 11.2. The number of hydrogen-bond acceptors (Lipinski definition) is 5. The Kier molecular flexibility index (Phi) is 5.32. The highest BCUT2D eigenvalue weighted by Crippen LogP contribution is 2.37. The minimum Gasteiger partial charge on any atom is -0.476 e. The zero-order valence-corrected chi connectivity index (χ0v) is 19.7. The van der Waals surface area contributed by atoms with Crippen molar-refractivity contribution in [1.29, 1.82) is 0 Å². The Morgan fingerprint density at radius 2 is 1.94 bits per heavy atom. The number of amides is 1. The summed E-state index contributed by atoms with van der Waals surface area (Å²) in [6.07, 6.45) is 2.27. The summed E-state index contributed by atoms with van der Waals surface area (Å²) in [5.41, 5.74) is 2.14. The number of benzene rings is 1. The van der Waals surface area contributed by atoms with E-state index in [4.69, 9.17) is 4.74 Å². The van der Waals surface area contributed by atoms with Crippen molar-refractivity contribution in [3.05, 3.63) is 77.5 Å². The van der Waals surface area contributed by atoms with Gasteiger partial charge in [-0.2, -0.15) is 0 Å². The van der Waals surface area contributed by atoms with Crippen LogP contribution in [0.2, 0.25) is 0 Å². The van der Waals surface area contributed by atoms with Crippen molar-refractivity contribution in [2.75, 3.05) is 4.90 Å². The molecule has 0 unspecified atom stereocenters. The van der Waals surface area contributed by atoms with Crippen molar-refractivity contribution < 1.29 is 23.4 Å². The van der Waals surface area contributed by atoms with E-state index in [1.165, 1.54) is 29.3 Å². The maximum Gasteiger partial charge on any atom is 0.268 e. The summed E-state index contributed by atoms with van der Waals surface area (Å²) in [6.45, 7) is 6.70. The van der Waals surface area contributed by atoms with E-state index in [0.29, 0.717) is 39.5 Å². The Labute approximate surface area is 200 Å². The number of anilines is 1. The molecule has 1 amide bonds. The molecule has 1 aromatic carbocycles. The SMILES string of the molecule is Cc1nc2cc(F)c(-c3ccc(C(C)(C)O)nc3)cn2c1CN1C(=O)[C@H](C)Oc2c(F)cccc21. The van der Waals surface area contributed by atoms with Crippen LogP contribution in [0.3, 0.4) is 0 Å². The molecule has 0 saturated carbocycles. The van der Waals surface area contributed by atoms with Crippen molar-refractivity contribution in [2.45, 2.75) is 45.9 Å². The number of carbonyl (C=O) groups excluding carboxylic acids is 1. The average Bonchev–Trinajstić information content (AvgIpc) is 3.10. The van der Waals surface area contributed by atoms with Gasteiger partial charge in [0.1, 0.15) is 17.1 Å². The van der Waals surface area contributed by atoms with Gasteiger partial charge in [-0.3, -0.25) is 14.7 Å². The molecule has 7 nitrogen and oxygen atoms in total. The van der Waals surface area contributed by atoms with E-state index in [1.54, 1.807) is 56.5 Å². The van der Waals surface area contributed by atoms with Gasteiger partial charge in [0.05, 0.1) is 29.3 Å². The molecule has 1 aliphatic heterocycles. The quantitative estimate of drug-likeness (QED) is 0.466. The van der Waals surface area contributed by atoms with Gasteiger partial charge in [-0.05, 0) is 45.9 Å². The summed E-state index contributed by atoms with van der Waals surface area (Å²) in [7, 11) is 0. The smallest absolute Gasteiger partial charge is 0.268 e. The third-order valence-corrected chi connectivity index (χ3v) is 6.16. The van der Waals surface area contributed by atoms with Gasteiger partial charge in [0, 0.05) is 29.6 Å². The van der Waals surface area contributed by atoms with Gasteiger partial charge in [0.15, 0.2) is 17.7 Å². The lowest BCUT2D eigenvalue weighted by Gasteiger charge is -2.33. The van der Waals surface area contributed by atoms with Crippen molar-refractivity contribution in [1.82, 2.24) is 14.4 Å². The van der Waals surface area contributed by atoms with Crippen LogP contribution in [-0.2, 0) is 16.9 Å². The molecule has 5 rings (SSSR count). The van der Waals surface area contributed by atoms with Crippen LogP contribution in [0.15, 0.2) is 48.8 Å². The largest absolute Gasteiger partial charge is 0.476 e. The molecule has 0 saturated heterocycles. The molecule has 0 aliphatic carbocycles. The third-order valence-electron chi connectivity index (χ3n) is 6.16. The van der Waals surface area contributed by atoms with E-state index < -0.39 is 23.3 Å². The zero-order valence-electron chi connectivity index (χ0n) is 19.7. The summed E-state index contributed by atoms with van der Waals surface area (Å²) >= 11 is 0. The van der Waals surface area contributed by atoms with E-state index in [-0.39, 0.29) is 18.2 Å². The summed E-state index contributed by atoms with van der Waals surface area (Å²) in [5.74, 6) is -1.31. The Hall–Kier alpha value is -3.85. The molecule has 0 fully saturated rings. The van der Waals surface area contributed by atoms with Gasteiger partial charge in [-0.15, -0.1) is 0 Å². The second kappa shape index (κ2) is 8.13. The van der Waals surface area contributed by atoms with E-state index in [9.17, 15) is 14.3 Å². The average molecular weight is 478 g/mol. The van der Waals surface area contributed by atoms with Crippen LogP contribution < -0.4 is 9.64 Å². The van der Waals surface area contributed by atoms with E-state index in [1.807, 2.05) is 0 Å². The van der Waals surface area contributed by atoms with Crippen molar-refractivity contribution in [2.24, 2.45) is 0 Å². The Balaban J connectivity index is 1.59. The minimum atomic E-state index is -1.12. The van der Waals surface area contributed by atoms with Crippen LogP contribution >= 0.6 is 0 Å².